The lowest BCUT2D eigenvalue weighted by molar-refractivity contribution is 1.14. The van der Waals surface area contributed by atoms with E-state index in [-0.39, 0.29) is 5.56 Å². The molecule has 1 N–H and O–H groups in total. The summed E-state index contributed by atoms with van der Waals surface area (Å²) in [5.74, 6) is 0. The average Bonchev–Trinajstić information content (AvgIpc) is 2.74. The molecule has 0 bridgehead atoms. The Bertz CT molecular complexity index is 1350. The molecule has 0 saturated heterocycles. The van der Waals surface area contributed by atoms with Crippen LogP contribution in [-0.4, -0.2) is 24.9 Å². The predicted molar refractivity (Wildman–Crippen MR) is 104 cm³/mol. The van der Waals surface area contributed by atoms with E-state index in [1.54, 1.807) is 24.8 Å². The lowest BCUT2D eigenvalue weighted by Crippen LogP contribution is -2.07. The van der Waals surface area contributed by atoms with E-state index in [4.69, 9.17) is 0 Å². The van der Waals surface area contributed by atoms with Crippen LogP contribution in [0.5, 0.6) is 0 Å². The van der Waals surface area contributed by atoms with Gasteiger partial charge in [-0.2, -0.15) is 0 Å². The third kappa shape index (κ3) is 2.64. The lowest BCUT2D eigenvalue weighted by Gasteiger charge is -2.09. The maximum Gasteiger partial charge on any atom is 0.260 e. The summed E-state index contributed by atoms with van der Waals surface area (Å²) in [7, 11) is 0. The number of benzene rings is 1. The molecule has 5 rings (SSSR count). The quantitative estimate of drug-likeness (QED) is 0.525. The van der Waals surface area contributed by atoms with Gasteiger partial charge < -0.3 is 4.98 Å². The fourth-order valence-electron chi connectivity index (χ4n) is 3.22. The molecule has 128 valence electrons. The van der Waals surface area contributed by atoms with E-state index in [1.165, 1.54) is 6.33 Å². The van der Waals surface area contributed by atoms with Crippen molar-refractivity contribution in [3.63, 3.8) is 0 Å². The number of rotatable bonds is 2. The number of aromatic nitrogens is 5. The van der Waals surface area contributed by atoms with Crippen LogP contribution in [0.3, 0.4) is 0 Å². The van der Waals surface area contributed by atoms with Crippen LogP contribution in [0.4, 0.5) is 0 Å². The van der Waals surface area contributed by atoms with Gasteiger partial charge in [0.05, 0.1) is 17.2 Å². The van der Waals surface area contributed by atoms with Crippen LogP contribution in [0.2, 0.25) is 0 Å². The van der Waals surface area contributed by atoms with Gasteiger partial charge in [0.15, 0.2) is 5.65 Å². The molecule has 0 fully saturated rings. The van der Waals surface area contributed by atoms with Crippen molar-refractivity contribution in [3.05, 3.63) is 83.9 Å². The van der Waals surface area contributed by atoms with Crippen molar-refractivity contribution in [2.24, 2.45) is 0 Å². The minimum atomic E-state index is -0.200. The van der Waals surface area contributed by atoms with Crippen molar-refractivity contribution in [1.82, 2.24) is 24.9 Å². The Morgan fingerprint density at radius 1 is 0.741 bits per heavy atom. The highest BCUT2D eigenvalue weighted by Gasteiger charge is 2.09. The molecule has 4 aromatic heterocycles. The van der Waals surface area contributed by atoms with E-state index in [0.717, 1.165) is 33.2 Å². The van der Waals surface area contributed by atoms with Crippen molar-refractivity contribution in [3.8, 4) is 22.3 Å². The van der Waals surface area contributed by atoms with Crippen LogP contribution >= 0.6 is 0 Å². The number of fused-ring (bicyclic) bond motifs is 2. The minimum Gasteiger partial charge on any atom is -0.313 e. The summed E-state index contributed by atoms with van der Waals surface area (Å²) in [6.45, 7) is 0. The van der Waals surface area contributed by atoms with Crippen LogP contribution in [0.1, 0.15) is 0 Å². The van der Waals surface area contributed by atoms with Gasteiger partial charge in [0.2, 0.25) is 0 Å². The SMILES string of the molecule is O=c1[nH]cnc2ncc(-c3ccc4nccc(-c5ccncc5)c4c3)cc12. The fourth-order valence-corrected chi connectivity index (χ4v) is 3.22. The summed E-state index contributed by atoms with van der Waals surface area (Å²) in [4.78, 5) is 31.6. The number of H-pyrrole nitrogens is 1. The molecule has 0 radical (unpaired) electrons. The third-order valence-electron chi connectivity index (χ3n) is 4.56. The zero-order chi connectivity index (χ0) is 18.2. The Labute approximate surface area is 153 Å². The zero-order valence-electron chi connectivity index (χ0n) is 14.1. The summed E-state index contributed by atoms with van der Waals surface area (Å²) in [6.07, 6.45) is 8.45. The Hall–Kier alpha value is -3.93. The van der Waals surface area contributed by atoms with Gasteiger partial charge in [-0.1, -0.05) is 6.07 Å². The minimum absolute atomic E-state index is 0.200. The second kappa shape index (κ2) is 6.10. The van der Waals surface area contributed by atoms with E-state index in [0.29, 0.717) is 11.0 Å². The first-order valence-corrected chi connectivity index (χ1v) is 8.42. The zero-order valence-corrected chi connectivity index (χ0v) is 14.1. The van der Waals surface area contributed by atoms with E-state index in [2.05, 4.69) is 31.0 Å². The van der Waals surface area contributed by atoms with Gasteiger partial charge in [-0.3, -0.25) is 14.8 Å². The molecule has 0 aliphatic carbocycles. The molecule has 0 aliphatic heterocycles. The fraction of sp³-hybridized carbons (Fsp3) is 0. The van der Waals surface area contributed by atoms with Crippen LogP contribution in [-0.2, 0) is 0 Å². The summed E-state index contributed by atoms with van der Waals surface area (Å²) >= 11 is 0. The Kier molecular flexibility index (Phi) is 3.47. The molecule has 6 heteroatoms. The van der Waals surface area contributed by atoms with Gasteiger partial charge in [-0.05, 0) is 53.1 Å². The van der Waals surface area contributed by atoms with Crippen molar-refractivity contribution in [2.45, 2.75) is 0 Å². The van der Waals surface area contributed by atoms with Crippen molar-refractivity contribution in [1.29, 1.82) is 0 Å². The largest absolute Gasteiger partial charge is 0.313 e. The van der Waals surface area contributed by atoms with Crippen molar-refractivity contribution >= 4 is 21.9 Å². The first-order valence-electron chi connectivity index (χ1n) is 8.42. The molecule has 6 nitrogen and oxygen atoms in total. The molecule has 0 atom stereocenters. The van der Waals surface area contributed by atoms with Crippen LogP contribution in [0, 0.1) is 0 Å². The number of aromatic amines is 1. The summed E-state index contributed by atoms with van der Waals surface area (Å²) in [5, 5.41) is 1.50. The monoisotopic (exact) mass is 351 g/mol. The Morgan fingerprint density at radius 2 is 1.59 bits per heavy atom. The van der Waals surface area contributed by atoms with Gasteiger partial charge in [0, 0.05) is 35.7 Å². The van der Waals surface area contributed by atoms with Crippen LogP contribution < -0.4 is 5.56 Å². The predicted octanol–water partition coefficient (Wildman–Crippen LogP) is 3.60. The maximum absolute atomic E-state index is 12.1. The topological polar surface area (TPSA) is 84.4 Å². The smallest absolute Gasteiger partial charge is 0.260 e. The van der Waals surface area contributed by atoms with Gasteiger partial charge in [0.25, 0.3) is 5.56 Å². The summed E-state index contributed by atoms with van der Waals surface area (Å²) < 4.78 is 0. The number of hydrogen-bond acceptors (Lipinski definition) is 5. The molecule has 0 unspecified atom stereocenters. The number of nitrogens with zero attached hydrogens (tertiary/aromatic N) is 4. The molecule has 0 saturated carbocycles. The molecule has 0 spiro atoms. The van der Waals surface area contributed by atoms with Crippen molar-refractivity contribution < 1.29 is 0 Å². The van der Waals surface area contributed by atoms with Gasteiger partial charge in [0.1, 0.15) is 0 Å². The Balaban J connectivity index is 1.73. The van der Waals surface area contributed by atoms with Gasteiger partial charge in [-0.25, -0.2) is 9.97 Å². The highest BCUT2D eigenvalue weighted by Crippen LogP contribution is 2.31. The molecule has 5 aromatic rings. The molecule has 4 heterocycles. The average molecular weight is 351 g/mol. The number of hydrogen-bond donors (Lipinski definition) is 1. The first kappa shape index (κ1) is 15.3. The highest BCUT2D eigenvalue weighted by atomic mass is 16.1. The van der Waals surface area contributed by atoms with E-state index < -0.39 is 0 Å². The summed E-state index contributed by atoms with van der Waals surface area (Å²) in [5.41, 5.74) is 5.11. The third-order valence-corrected chi connectivity index (χ3v) is 4.56. The van der Waals surface area contributed by atoms with Crippen molar-refractivity contribution in [2.75, 3.05) is 0 Å². The van der Waals surface area contributed by atoms with E-state index in [1.807, 2.05) is 36.4 Å². The standard InChI is InChI=1S/C21H13N5O/c27-21-18-10-15(11-24-20(18)25-12-26-21)14-1-2-19-17(9-14)16(5-8-23-19)13-3-6-22-7-4-13/h1-12H,(H,24,25,26,27). The second-order valence-electron chi connectivity index (χ2n) is 6.15. The molecule has 0 amide bonds. The molecular weight excluding hydrogens is 338 g/mol. The number of nitrogens with one attached hydrogen (secondary N) is 1. The van der Waals surface area contributed by atoms with E-state index in [9.17, 15) is 4.79 Å². The van der Waals surface area contributed by atoms with Crippen LogP contribution in [0.25, 0.3) is 44.2 Å². The number of pyridine rings is 3. The molecular formula is C21H13N5O. The second-order valence-corrected chi connectivity index (χ2v) is 6.15. The normalized spacial score (nSPS) is 11.1. The van der Waals surface area contributed by atoms with Gasteiger partial charge in [-0.15, -0.1) is 0 Å². The van der Waals surface area contributed by atoms with Gasteiger partial charge >= 0.3 is 0 Å². The first-order chi connectivity index (χ1) is 13.3. The maximum atomic E-state index is 12.1. The Morgan fingerprint density at radius 3 is 2.48 bits per heavy atom. The van der Waals surface area contributed by atoms with E-state index >= 15 is 0 Å². The molecule has 1 aromatic carbocycles. The molecule has 27 heavy (non-hydrogen) atoms. The lowest BCUT2D eigenvalue weighted by atomic mass is 9.98. The molecule has 0 aliphatic rings. The summed E-state index contributed by atoms with van der Waals surface area (Å²) in [6, 6.07) is 13.8. The van der Waals surface area contributed by atoms with Crippen LogP contribution in [0.15, 0.2) is 78.4 Å². The highest BCUT2D eigenvalue weighted by molar-refractivity contribution is 5.97.